The van der Waals surface area contributed by atoms with Gasteiger partial charge in [-0.1, -0.05) is 64.6 Å². The lowest BCUT2D eigenvalue weighted by molar-refractivity contribution is 0.102. The molecule has 5 nitrogen and oxygen atoms in total. The van der Waals surface area contributed by atoms with Gasteiger partial charge >= 0.3 is 0 Å². The van der Waals surface area contributed by atoms with Gasteiger partial charge in [0.25, 0.3) is 5.91 Å². The molecule has 0 fully saturated rings. The van der Waals surface area contributed by atoms with E-state index in [0.29, 0.717) is 26.9 Å². The molecule has 0 bridgehead atoms. The van der Waals surface area contributed by atoms with Crippen LogP contribution in [-0.2, 0) is 16.6 Å². The Kier molecular flexibility index (Phi) is 7.39. The number of benzene rings is 3. The number of nitrogens with zero attached hydrogens (tertiary/aromatic N) is 1. The molecule has 0 saturated heterocycles. The summed E-state index contributed by atoms with van der Waals surface area (Å²) in [4.78, 5) is 12.5. The fourth-order valence-electron chi connectivity index (χ4n) is 2.78. The number of carbonyl (C=O) groups is 1. The minimum atomic E-state index is -3.65. The number of hydrogen-bond acceptors (Lipinski definition) is 3. The van der Waals surface area contributed by atoms with E-state index in [-0.39, 0.29) is 28.2 Å². The maximum atomic E-state index is 12.5. The Morgan fingerprint density at radius 2 is 1.61 bits per heavy atom. The number of halogens is 4. The van der Waals surface area contributed by atoms with E-state index >= 15 is 0 Å². The highest BCUT2D eigenvalue weighted by Crippen LogP contribution is 2.34. The molecule has 1 amide bonds. The Morgan fingerprint density at radius 1 is 0.935 bits per heavy atom. The summed E-state index contributed by atoms with van der Waals surface area (Å²) in [6.45, 7) is 0.0148. The second-order valence-corrected chi connectivity index (χ2v) is 10.2. The topological polar surface area (TPSA) is 66.5 Å². The molecule has 0 heterocycles. The highest BCUT2D eigenvalue weighted by molar-refractivity contribution is 7.92. The molecule has 0 unspecified atom stereocenters. The van der Waals surface area contributed by atoms with Crippen molar-refractivity contribution in [3.8, 4) is 0 Å². The highest BCUT2D eigenvalue weighted by Gasteiger charge is 2.21. The second-order valence-electron chi connectivity index (χ2n) is 6.62. The molecule has 3 aromatic rings. The Balaban J connectivity index is 1.82. The number of rotatable bonds is 6. The third-order valence-electron chi connectivity index (χ3n) is 4.32. The smallest absolute Gasteiger partial charge is 0.255 e. The van der Waals surface area contributed by atoms with Crippen molar-refractivity contribution in [1.29, 1.82) is 0 Å². The summed E-state index contributed by atoms with van der Waals surface area (Å²) in [5.74, 6) is -0.381. The quantitative estimate of drug-likeness (QED) is 0.404. The van der Waals surface area contributed by atoms with E-state index in [0.717, 1.165) is 10.6 Å². The van der Waals surface area contributed by atoms with Gasteiger partial charge in [0.05, 0.1) is 39.2 Å². The predicted molar refractivity (Wildman–Crippen MR) is 128 cm³/mol. The van der Waals surface area contributed by atoms with E-state index in [1.165, 1.54) is 0 Å². The summed E-state index contributed by atoms with van der Waals surface area (Å²) in [6, 6.07) is 16.0. The van der Waals surface area contributed by atoms with Gasteiger partial charge in [0.15, 0.2) is 0 Å². The highest BCUT2D eigenvalue weighted by atomic mass is 35.5. The van der Waals surface area contributed by atoms with Crippen molar-refractivity contribution in [3.63, 3.8) is 0 Å². The van der Waals surface area contributed by atoms with Gasteiger partial charge in [-0.2, -0.15) is 0 Å². The van der Waals surface area contributed by atoms with Gasteiger partial charge in [-0.25, -0.2) is 8.42 Å². The van der Waals surface area contributed by atoms with Crippen LogP contribution in [0.5, 0.6) is 0 Å². The lowest BCUT2D eigenvalue weighted by atomic mass is 10.1. The zero-order chi connectivity index (χ0) is 22.8. The molecule has 162 valence electrons. The Hall–Kier alpha value is -1.96. The van der Waals surface area contributed by atoms with Crippen LogP contribution in [0.2, 0.25) is 20.1 Å². The van der Waals surface area contributed by atoms with Crippen LogP contribution >= 0.6 is 46.4 Å². The van der Waals surface area contributed by atoms with Crippen LogP contribution in [-0.4, -0.2) is 20.6 Å². The average Bonchev–Trinajstić information content (AvgIpc) is 2.71. The SMILES string of the molecule is CS(=O)(=O)N(Cc1ccc(C(=O)Nc2cc(Cl)ccc2Cl)cc1)c1cccc(Cl)c1Cl. The Labute approximate surface area is 200 Å². The maximum absolute atomic E-state index is 12.5. The minimum absolute atomic E-state index is 0.0148. The largest absolute Gasteiger partial charge is 0.321 e. The number of nitrogens with one attached hydrogen (secondary N) is 1. The molecule has 3 aromatic carbocycles. The molecule has 0 aliphatic rings. The van der Waals surface area contributed by atoms with E-state index in [9.17, 15) is 13.2 Å². The molecule has 10 heteroatoms. The number of amides is 1. The molecule has 0 radical (unpaired) electrons. The second kappa shape index (κ2) is 9.67. The Morgan fingerprint density at radius 3 is 2.26 bits per heavy atom. The van der Waals surface area contributed by atoms with Gasteiger partial charge in [-0.15, -0.1) is 0 Å². The third kappa shape index (κ3) is 5.84. The molecule has 0 saturated carbocycles. The molecular weight excluding hydrogens is 502 g/mol. The summed E-state index contributed by atoms with van der Waals surface area (Å²) in [7, 11) is -3.65. The molecule has 1 N–H and O–H groups in total. The van der Waals surface area contributed by atoms with Crippen molar-refractivity contribution in [2.45, 2.75) is 6.54 Å². The monoisotopic (exact) mass is 516 g/mol. The van der Waals surface area contributed by atoms with Crippen LogP contribution < -0.4 is 9.62 Å². The average molecular weight is 518 g/mol. The lowest BCUT2D eigenvalue weighted by Gasteiger charge is -2.24. The molecule has 0 aromatic heterocycles. The first-order valence-electron chi connectivity index (χ1n) is 8.83. The van der Waals surface area contributed by atoms with Crippen molar-refractivity contribution in [2.75, 3.05) is 15.9 Å². The Bertz CT molecular complexity index is 1230. The molecule has 0 aliphatic heterocycles. The molecule has 0 spiro atoms. The molecule has 3 rings (SSSR count). The van der Waals surface area contributed by atoms with Gasteiger partial charge in [0.1, 0.15) is 0 Å². The van der Waals surface area contributed by atoms with E-state index in [1.54, 1.807) is 60.7 Å². The summed E-state index contributed by atoms with van der Waals surface area (Å²) in [6.07, 6.45) is 1.08. The third-order valence-corrected chi connectivity index (χ3v) is 6.82. The van der Waals surface area contributed by atoms with Gasteiger partial charge in [0.2, 0.25) is 10.0 Å². The lowest BCUT2D eigenvalue weighted by Crippen LogP contribution is -2.29. The van der Waals surface area contributed by atoms with Crippen LogP contribution in [0.1, 0.15) is 15.9 Å². The maximum Gasteiger partial charge on any atom is 0.255 e. The van der Waals surface area contributed by atoms with E-state index in [4.69, 9.17) is 46.4 Å². The summed E-state index contributed by atoms with van der Waals surface area (Å²) < 4.78 is 25.9. The zero-order valence-electron chi connectivity index (χ0n) is 16.1. The summed E-state index contributed by atoms with van der Waals surface area (Å²) in [5, 5.41) is 3.89. The zero-order valence-corrected chi connectivity index (χ0v) is 19.9. The summed E-state index contributed by atoms with van der Waals surface area (Å²) in [5.41, 5.74) is 1.68. The van der Waals surface area contributed by atoms with Crippen LogP contribution in [0.25, 0.3) is 0 Å². The fraction of sp³-hybridized carbons (Fsp3) is 0.0952. The van der Waals surface area contributed by atoms with Crippen molar-refractivity contribution in [3.05, 3.63) is 91.9 Å². The number of anilines is 2. The van der Waals surface area contributed by atoms with E-state index in [2.05, 4.69) is 5.32 Å². The van der Waals surface area contributed by atoms with Crippen LogP contribution in [0.15, 0.2) is 60.7 Å². The van der Waals surface area contributed by atoms with Crippen LogP contribution in [0.4, 0.5) is 11.4 Å². The first-order chi connectivity index (χ1) is 14.6. The van der Waals surface area contributed by atoms with Crippen LogP contribution in [0, 0.1) is 0 Å². The molecule has 0 aliphatic carbocycles. The minimum Gasteiger partial charge on any atom is -0.321 e. The predicted octanol–water partition coefficient (Wildman–Crippen LogP) is 6.52. The van der Waals surface area contributed by atoms with Crippen molar-refractivity contribution in [2.24, 2.45) is 0 Å². The van der Waals surface area contributed by atoms with Gasteiger partial charge in [-0.05, 0) is 48.0 Å². The van der Waals surface area contributed by atoms with Crippen molar-refractivity contribution >= 4 is 73.7 Å². The van der Waals surface area contributed by atoms with Crippen molar-refractivity contribution < 1.29 is 13.2 Å². The first-order valence-corrected chi connectivity index (χ1v) is 12.2. The number of carbonyl (C=O) groups excluding carboxylic acids is 1. The van der Waals surface area contributed by atoms with Gasteiger partial charge < -0.3 is 5.32 Å². The first kappa shape index (κ1) is 23.7. The van der Waals surface area contributed by atoms with Crippen LogP contribution in [0.3, 0.4) is 0 Å². The number of hydrogen-bond donors (Lipinski definition) is 1. The molecular formula is C21H16Cl4N2O3S. The molecule has 31 heavy (non-hydrogen) atoms. The molecule has 0 atom stereocenters. The number of sulfonamides is 1. The van der Waals surface area contributed by atoms with E-state index < -0.39 is 10.0 Å². The van der Waals surface area contributed by atoms with E-state index in [1.807, 2.05) is 0 Å². The fourth-order valence-corrected chi connectivity index (χ4v) is 4.46. The summed E-state index contributed by atoms with van der Waals surface area (Å²) >= 11 is 24.3. The normalized spacial score (nSPS) is 11.3. The van der Waals surface area contributed by atoms with Gasteiger partial charge in [0, 0.05) is 10.6 Å². The standard InChI is InChI=1S/C21H16Cl4N2O3S/c1-31(29,30)27(19-4-2-3-17(24)20(19)25)12-13-5-7-14(8-6-13)21(28)26-18-11-15(22)9-10-16(18)23/h2-11H,12H2,1H3,(H,26,28). The van der Waals surface area contributed by atoms with Crippen molar-refractivity contribution in [1.82, 2.24) is 0 Å². The van der Waals surface area contributed by atoms with Gasteiger partial charge in [-0.3, -0.25) is 9.10 Å².